The maximum atomic E-state index is 12.9. The number of nitrogens with one attached hydrogen (secondary N) is 1. The second-order valence-corrected chi connectivity index (χ2v) is 5.97. The van der Waals surface area contributed by atoms with Gasteiger partial charge in [0.05, 0.1) is 12.8 Å². The number of hydrogen-bond acceptors (Lipinski definition) is 4. The number of rotatable bonds is 6. The zero-order valence-corrected chi connectivity index (χ0v) is 15.8. The van der Waals surface area contributed by atoms with Gasteiger partial charge in [-0.1, -0.05) is 30.3 Å². The fraction of sp³-hybridized carbons (Fsp3) is 0.136. The molecule has 0 aliphatic carbocycles. The first-order valence-corrected chi connectivity index (χ1v) is 8.91. The molecule has 28 heavy (non-hydrogen) atoms. The Balaban J connectivity index is 1.83. The second-order valence-electron chi connectivity index (χ2n) is 5.97. The molecule has 0 bridgehead atoms. The molecule has 0 fully saturated rings. The van der Waals surface area contributed by atoms with Gasteiger partial charge in [0.2, 0.25) is 0 Å². The lowest BCUT2D eigenvalue weighted by molar-refractivity contribution is 0.0983. The third-order valence-corrected chi connectivity index (χ3v) is 4.23. The van der Waals surface area contributed by atoms with Crippen LogP contribution in [0.1, 0.15) is 27.8 Å². The third kappa shape index (κ3) is 4.17. The van der Waals surface area contributed by atoms with Crippen LogP contribution in [-0.4, -0.2) is 30.5 Å². The molecule has 2 amide bonds. The molecule has 3 aromatic rings. The fourth-order valence-electron chi connectivity index (χ4n) is 2.82. The molecular formula is C22H21N3O3. The first kappa shape index (κ1) is 19.1. The number of para-hydroxylation sites is 3. The maximum Gasteiger partial charge on any atom is 0.276 e. The zero-order valence-electron chi connectivity index (χ0n) is 15.8. The normalized spacial score (nSPS) is 10.2. The van der Waals surface area contributed by atoms with Gasteiger partial charge >= 0.3 is 0 Å². The number of hydrogen-bond donors (Lipinski definition) is 1. The lowest BCUT2D eigenvalue weighted by Crippen LogP contribution is -2.31. The Morgan fingerprint density at radius 3 is 2.46 bits per heavy atom. The predicted molar refractivity (Wildman–Crippen MR) is 109 cm³/mol. The van der Waals surface area contributed by atoms with E-state index in [0.717, 1.165) is 5.69 Å². The van der Waals surface area contributed by atoms with Crippen LogP contribution < -0.4 is 15.0 Å². The standard InChI is InChI=1S/C22H21N3O3/c1-3-25(17-9-5-4-6-10-17)22(27)19-15-16(13-14-23-19)21(26)24-18-11-7-8-12-20(18)28-2/h4-15H,3H2,1-2H3,(H,24,26). The van der Waals surface area contributed by atoms with Crippen LogP contribution in [0, 0.1) is 0 Å². The SMILES string of the molecule is CCN(C(=O)c1cc(C(=O)Nc2ccccc2OC)ccn1)c1ccccc1. The van der Waals surface area contributed by atoms with Crippen LogP contribution >= 0.6 is 0 Å². The molecule has 0 aliphatic rings. The number of anilines is 2. The van der Waals surface area contributed by atoms with E-state index < -0.39 is 0 Å². The van der Waals surface area contributed by atoms with Crippen LogP contribution in [0.4, 0.5) is 11.4 Å². The van der Waals surface area contributed by atoms with Crippen molar-refractivity contribution in [1.29, 1.82) is 0 Å². The number of methoxy groups -OCH3 is 1. The summed E-state index contributed by atoms with van der Waals surface area (Å²) < 4.78 is 5.25. The Morgan fingerprint density at radius 2 is 1.75 bits per heavy atom. The highest BCUT2D eigenvalue weighted by molar-refractivity contribution is 6.09. The molecule has 1 heterocycles. The monoisotopic (exact) mass is 375 g/mol. The minimum absolute atomic E-state index is 0.207. The quantitative estimate of drug-likeness (QED) is 0.707. The summed E-state index contributed by atoms with van der Waals surface area (Å²) in [5, 5.41) is 2.80. The van der Waals surface area contributed by atoms with Crippen LogP contribution in [0.2, 0.25) is 0 Å². The Bertz CT molecular complexity index is 974. The predicted octanol–water partition coefficient (Wildman–Crippen LogP) is 4.01. The Morgan fingerprint density at radius 1 is 1.04 bits per heavy atom. The molecule has 2 aromatic carbocycles. The van der Waals surface area contributed by atoms with Gasteiger partial charge in [0.15, 0.2) is 0 Å². The van der Waals surface area contributed by atoms with Crippen molar-refractivity contribution in [2.45, 2.75) is 6.92 Å². The van der Waals surface area contributed by atoms with Gasteiger partial charge < -0.3 is 15.0 Å². The molecule has 0 atom stereocenters. The van der Waals surface area contributed by atoms with E-state index in [1.54, 1.807) is 29.2 Å². The Hall–Kier alpha value is -3.67. The van der Waals surface area contributed by atoms with Crippen LogP contribution in [0.15, 0.2) is 72.9 Å². The lowest BCUT2D eigenvalue weighted by Gasteiger charge is -2.20. The smallest absolute Gasteiger partial charge is 0.276 e. The van der Waals surface area contributed by atoms with E-state index in [4.69, 9.17) is 4.74 Å². The molecule has 0 saturated carbocycles. The van der Waals surface area contributed by atoms with Gasteiger partial charge in [-0.3, -0.25) is 14.6 Å². The van der Waals surface area contributed by atoms with Crippen LogP contribution in [0.5, 0.6) is 5.75 Å². The molecule has 6 heteroatoms. The first-order valence-electron chi connectivity index (χ1n) is 8.91. The number of ether oxygens (including phenoxy) is 1. The van der Waals surface area contributed by atoms with Crippen LogP contribution in [-0.2, 0) is 0 Å². The van der Waals surface area contributed by atoms with Gasteiger partial charge in [-0.2, -0.15) is 0 Å². The van der Waals surface area contributed by atoms with Crippen molar-refractivity contribution >= 4 is 23.2 Å². The van der Waals surface area contributed by atoms with Gasteiger partial charge in [0.25, 0.3) is 11.8 Å². The first-order chi connectivity index (χ1) is 13.6. The summed E-state index contributed by atoms with van der Waals surface area (Å²) >= 11 is 0. The molecule has 0 unspecified atom stereocenters. The van der Waals surface area contributed by atoms with E-state index in [9.17, 15) is 9.59 Å². The van der Waals surface area contributed by atoms with Crippen molar-refractivity contribution in [3.05, 3.63) is 84.2 Å². The van der Waals surface area contributed by atoms with Crippen molar-refractivity contribution in [2.24, 2.45) is 0 Å². The summed E-state index contributed by atoms with van der Waals surface area (Å²) in [4.78, 5) is 31.3. The molecule has 0 aliphatic heterocycles. The maximum absolute atomic E-state index is 12.9. The highest BCUT2D eigenvalue weighted by Crippen LogP contribution is 2.24. The minimum Gasteiger partial charge on any atom is -0.495 e. The number of pyridine rings is 1. The van der Waals surface area contributed by atoms with Crippen molar-refractivity contribution in [3.8, 4) is 5.75 Å². The summed E-state index contributed by atoms with van der Waals surface area (Å²) in [5.74, 6) is -0.0493. The van der Waals surface area contributed by atoms with Crippen LogP contribution in [0.25, 0.3) is 0 Å². The Kier molecular flexibility index (Phi) is 6.01. The molecule has 0 spiro atoms. The molecule has 1 N–H and O–H groups in total. The van der Waals surface area contributed by atoms with Gasteiger partial charge in [-0.05, 0) is 43.3 Å². The number of carbonyl (C=O) groups excluding carboxylic acids is 2. The summed E-state index contributed by atoms with van der Waals surface area (Å²) in [6.45, 7) is 2.38. The third-order valence-electron chi connectivity index (χ3n) is 4.23. The molecular weight excluding hydrogens is 354 g/mol. The number of amides is 2. The number of benzene rings is 2. The summed E-state index contributed by atoms with van der Waals surface area (Å²) in [7, 11) is 1.54. The zero-order chi connectivity index (χ0) is 19.9. The van der Waals surface area contributed by atoms with E-state index in [0.29, 0.717) is 23.5 Å². The van der Waals surface area contributed by atoms with Gasteiger partial charge in [-0.25, -0.2) is 0 Å². The van der Waals surface area contributed by atoms with Crippen molar-refractivity contribution < 1.29 is 14.3 Å². The van der Waals surface area contributed by atoms with E-state index in [1.165, 1.54) is 19.4 Å². The molecule has 142 valence electrons. The highest BCUT2D eigenvalue weighted by atomic mass is 16.5. The molecule has 3 rings (SSSR count). The lowest BCUT2D eigenvalue weighted by atomic mass is 10.2. The van der Waals surface area contributed by atoms with E-state index in [2.05, 4.69) is 10.3 Å². The van der Waals surface area contributed by atoms with Crippen molar-refractivity contribution in [2.75, 3.05) is 23.9 Å². The van der Waals surface area contributed by atoms with Crippen molar-refractivity contribution in [1.82, 2.24) is 4.98 Å². The summed E-state index contributed by atoms with van der Waals surface area (Å²) in [6.07, 6.45) is 1.46. The van der Waals surface area contributed by atoms with Gasteiger partial charge in [0.1, 0.15) is 11.4 Å². The average molecular weight is 375 g/mol. The number of nitrogens with zero attached hydrogens (tertiary/aromatic N) is 2. The number of carbonyl (C=O) groups is 2. The topological polar surface area (TPSA) is 71.5 Å². The molecule has 0 saturated heterocycles. The highest BCUT2D eigenvalue weighted by Gasteiger charge is 2.19. The van der Waals surface area contributed by atoms with E-state index >= 15 is 0 Å². The summed E-state index contributed by atoms with van der Waals surface area (Å²) in [5.41, 5.74) is 1.88. The van der Waals surface area contributed by atoms with Crippen molar-refractivity contribution in [3.63, 3.8) is 0 Å². The van der Waals surface area contributed by atoms with E-state index in [-0.39, 0.29) is 17.5 Å². The number of aromatic nitrogens is 1. The summed E-state index contributed by atoms with van der Waals surface area (Å²) in [6, 6.07) is 19.6. The molecule has 0 radical (unpaired) electrons. The fourth-order valence-corrected chi connectivity index (χ4v) is 2.82. The van der Waals surface area contributed by atoms with Gasteiger partial charge in [-0.15, -0.1) is 0 Å². The second kappa shape index (κ2) is 8.81. The van der Waals surface area contributed by atoms with E-state index in [1.807, 2.05) is 43.3 Å². The van der Waals surface area contributed by atoms with Gasteiger partial charge in [0, 0.05) is 24.0 Å². The minimum atomic E-state index is -0.344. The molecule has 1 aromatic heterocycles. The molecule has 6 nitrogen and oxygen atoms in total. The Labute approximate surface area is 163 Å². The largest absolute Gasteiger partial charge is 0.495 e. The van der Waals surface area contributed by atoms with Crippen LogP contribution in [0.3, 0.4) is 0 Å². The average Bonchev–Trinajstić information content (AvgIpc) is 2.75.